The minimum absolute atomic E-state index is 0.0986. The first-order chi connectivity index (χ1) is 6.68. The smallest absolute Gasteiger partial charge is 0.0605 e. The lowest BCUT2D eigenvalue weighted by atomic mass is 9.55. The van der Waals surface area contributed by atoms with E-state index < -0.39 is 0 Å². The fraction of sp³-hybridized carbons (Fsp3) is 0.538. The van der Waals surface area contributed by atoms with Crippen molar-refractivity contribution in [1.82, 2.24) is 0 Å². The van der Waals surface area contributed by atoms with Gasteiger partial charge in [-0.1, -0.05) is 44.2 Å². The molecule has 0 saturated heterocycles. The van der Waals surface area contributed by atoms with Crippen LogP contribution in [0.25, 0.3) is 0 Å². The molecule has 0 heterocycles. The second-order valence-corrected chi connectivity index (χ2v) is 4.57. The molecular formula is C13H18O. The number of hydrogen-bond acceptors (Lipinski definition) is 1. The summed E-state index contributed by atoms with van der Waals surface area (Å²) in [6.45, 7) is 4.36. The molecule has 1 nitrogen and oxygen atoms in total. The normalized spacial score (nSPS) is 36.5. The Kier molecular flexibility index (Phi) is 2.36. The molecule has 1 N–H and O–H groups in total. The summed E-state index contributed by atoms with van der Waals surface area (Å²) in [5.74, 6) is 0.545. The van der Waals surface area contributed by atoms with E-state index in [0.29, 0.717) is 5.92 Å². The van der Waals surface area contributed by atoms with E-state index in [0.717, 1.165) is 12.8 Å². The van der Waals surface area contributed by atoms with E-state index in [2.05, 4.69) is 38.1 Å². The Labute approximate surface area is 85.8 Å². The number of rotatable bonds is 2. The third kappa shape index (κ3) is 1.27. The van der Waals surface area contributed by atoms with Crippen LogP contribution in [0.2, 0.25) is 0 Å². The molecular weight excluding hydrogens is 172 g/mol. The summed E-state index contributed by atoms with van der Waals surface area (Å²) in [5.41, 5.74) is 1.48. The van der Waals surface area contributed by atoms with Crippen LogP contribution >= 0.6 is 0 Å². The zero-order valence-electron chi connectivity index (χ0n) is 8.90. The van der Waals surface area contributed by atoms with Gasteiger partial charge >= 0.3 is 0 Å². The molecule has 0 aliphatic heterocycles. The third-order valence-electron chi connectivity index (χ3n) is 3.98. The van der Waals surface area contributed by atoms with Gasteiger partial charge in [0.05, 0.1) is 6.10 Å². The lowest BCUT2D eigenvalue weighted by Crippen LogP contribution is -2.49. The van der Waals surface area contributed by atoms with Gasteiger partial charge in [0.2, 0.25) is 0 Å². The van der Waals surface area contributed by atoms with Crippen LogP contribution in [0.1, 0.15) is 38.2 Å². The average molecular weight is 190 g/mol. The predicted octanol–water partition coefficient (Wildman–Crippen LogP) is 2.95. The van der Waals surface area contributed by atoms with Gasteiger partial charge < -0.3 is 5.11 Å². The Morgan fingerprint density at radius 2 is 2.00 bits per heavy atom. The van der Waals surface area contributed by atoms with E-state index in [1.165, 1.54) is 5.56 Å². The Balaban J connectivity index is 2.23. The summed E-state index contributed by atoms with van der Waals surface area (Å²) in [6, 6.07) is 10.5. The maximum Gasteiger partial charge on any atom is 0.0605 e. The first kappa shape index (κ1) is 9.72. The van der Waals surface area contributed by atoms with Gasteiger partial charge in [-0.15, -0.1) is 0 Å². The van der Waals surface area contributed by atoms with Crippen molar-refractivity contribution in [1.29, 1.82) is 0 Å². The van der Waals surface area contributed by atoms with Crippen LogP contribution < -0.4 is 0 Å². The van der Waals surface area contributed by atoms with Gasteiger partial charge in [0, 0.05) is 5.41 Å². The van der Waals surface area contributed by atoms with E-state index in [-0.39, 0.29) is 11.5 Å². The highest BCUT2D eigenvalue weighted by Gasteiger charge is 2.49. The summed E-state index contributed by atoms with van der Waals surface area (Å²) in [5, 5.41) is 9.80. The Morgan fingerprint density at radius 3 is 2.50 bits per heavy atom. The van der Waals surface area contributed by atoms with Crippen molar-refractivity contribution in [2.75, 3.05) is 0 Å². The van der Waals surface area contributed by atoms with Crippen molar-refractivity contribution >= 4 is 0 Å². The van der Waals surface area contributed by atoms with Crippen molar-refractivity contribution in [2.45, 2.75) is 38.7 Å². The Bertz CT molecular complexity index is 306. The number of aliphatic hydroxyl groups is 1. The average Bonchev–Trinajstić information content (AvgIpc) is 2.25. The van der Waals surface area contributed by atoms with E-state index in [1.807, 2.05) is 6.07 Å². The predicted molar refractivity (Wildman–Crippen MR) is 58.2 cm³/mol. The summed E-state index contributed by atoms with van der Waals surface area (Å²) < 4.78 is 0. The fourth-order valence-electron chi connectivity index (χ4n) is 2.52. The lowest BCUT2D eigenvalue weighted by molar-refractivity contribution is -0.0777. The van der Waals surface area contributed by atoms with Crippen LogP contribution in [0.4, 0.5) is 0 Å². The standard InChI is InChI=1S/C13H18O/c1-3-13(2)11(9-12(13)14)10-7-5-4-6-8-10/h4-8,11-12,14H,3,9H2,1-2H3. The van der Waals surface area contributed by atoms with E-state index >= 15 is 0 Å². The molecule has 0 aromatic heterocycles. The highest BCUT2D eigenvalue weighted by atomic mass is 16.3. The molecule has 1 aliphatic carbocycles. The molecule has 3 atom stereocenters. The molecule has 0 amide bonds. The first-order valence-electron chi connectivity index (χ1n) is 5.41. The number of hydrogen-bond donors (Lipinski definition) is 1. The zero-order chi connectivity index (χ0) is 10.2. The summed E-state index contributed by atoms with van der Waals surface area (Å²) in [7, 11) is 0. The second kappa shape index (κ2) is 3.39. The lowest BCUT2D eigenvalue weighted by Gasteiger charge is -2.51. The van der Waals surface area contributed by atoms with Gasteiger partial charge in [-0.25, -0.2) is 0 Å². The third-order valence-corrected chi connectivity index (χ3v) is 3.98. The van der Waals surface area contributed by atoms with Crippen LogP contribution in [-0.4, -0.2) is 11.2 Å². The van der Waals surface area contributed by atoms with Crippen LogP contribution in [-0.2, 0) is 0 Å². The molecule has 76 valence electrons. The Hall–Kier alpha value is -0.820. The van der Waals surface area contributed by atoms with Crippen molar-refractivity contribution < 1.29 is 5.11 Å². The van der Waals surface area contributed by atoms with Crippen molar-refractivity contribution in [3.63, 3.8) is 0 Å². The minimum Gasteiger partial charge on any atom is -0.393 e. The SMILES string of the molecule is CCC1(C)C(O)CC1c1ccccc1. The van der Waals surface area contributed by atoms with Gasteiger partial charge in [0.25, 0.3) is 0 Å². The number of benzene rings is 1. The molecule has 0 radical (unpaired) electrons. The largest absolute Gasteiger partial charge is 0.393 e. The van der Waals surface area contributed by atoms with E-state index in [9.17, 15) is 5.11 Å². The summed E-state index contributed by atoms with van der Waals surface area (Å²) in [6.07, 6.45) is 1.86. The second-order valence-electron chi connectivity index (χ2n) is 4.57. The summed E-state index contributed by atoms with van der Waals surface area (Å²) in [4.78, 5) is 0. The monoisotopic (exact) mass is 190 g/mol. The van der Waals surface area contributed by atoms with Gasteiger partial charge in [-0.3, -0.25) is 0 Å². The van der Waals surface area contributed by atoms with Crippen molar-refractivity contribution in [3.8, 4) is 0 Å². The molecule has 1 saturated carbocycles. The van der Waals surface area contributed by atoms with Crippen LogP contribution in [0.5, 0.6) is 0 Å². The van der Waals surface area contributed by atoms with Gasteiger partial charge in [0.15, 0.2) is 0 Å². The highest BCUT2D eigenvalue weighted by molar-refractivity contribution is 5.26. The van der Waals surface area contributed by atoms with Gasteiger partial charge in [-0.05, 0) is 24.3 Å². The maximum atomic E-state index is 9.80. The molecule has 1 aliphatic rings. The molecule has 3 unspecified atom stereocenters. The number of aliphatic hydroxyl groups excluding tert-OH is 1. The molecule has 0 bridgehead atoms. The van der Waals surface area contributed by atoms with Gasteiger partial charge in [0.1, 0.15) is 0 Å². The van der Waals surface area contributed by atoms with E-state index in [1.54, 1.807) is 0 Å². The van der Waals surface area contributed by atoms with Gasteiger partial charge in [-0.2, -0.15) is 0 Å². The Morgan fingerprint density at radius 1 is 1.36 bits per heavy atom. The van der Waals surface area contributed by atoms with E-state index in [4.69, 9.17) is 0 Å². The topological polar surface area (TPSA) is 20.2 Å². The fourth-order valence-corrected chi connectivity index (χ4v) is 2.52. The molecule has 1 aromatic rings. The first-order valence-corrected chi connectivity index (χ1v) is 5.41. The minimum atomic E-state index is -0.113. The zero-order valence-corrected chi connectivity index (χ0v) is 8.90. The van der Waals surface area contributed by atoms with Crippen molar-refractivity contribution in [2.24, 2.45) is 5.41 Å². The van der Waals surface area contributed by atoms with Crippen molar-refractivity contribution in [3.05, 3.63) is 35.9 Å². The van der Waals surface area contributed by atoms with Crippen LogP contribution in [0.15, 0.2) is 30.3 Å². The molecule has 14 heavy (non-hydrogen) atoms. The summed E-state index contributed by atoms with van der Waals surface area (Å²) >= 11 is 0. The maximum absolute atomic E-state index is 9.80. The van der Waals surface area contributed by atoms with Crippen LogP contribution in [0, 0.1) is 5.41 Å². The molecule has 1 fully saturated rings. The molecule has 1 aromatic carbocycles. The highest BCUT2D eigenvalue weighted by Crippen LogP contribution is 2.54. The molecule has 0 spiro atoms. The quantitative estimate of drug-likeness (QED) is 0.760. The van der Waals surface area contributed by atoms with Crippen LogP contribution in [0.3, 0.4) is 0 Å². The molecule has 2 rings (SSSR count). The molecule has 1 heteroatoms.